The van der Waals surface area contributed by atoms with Crippen molar-refractivity contribution in [3.05, 3.63) is 36.1 Å². The Morgan fingerprint density at radius 1 is 1.24 bits per heavy atom. The van der Waals surface area contributed by atoms with Crippen LogP contribution in [0.5, 0.6) is 11.5 Å². The third-order valence-electron chi connectivity index (χ3n) is 2.41. The molecule has 1 aliphatic rings. The van der Waals surface area contributed by atoms with Crippen LogP contribution in [0.1, 0.15) is 12.8 Å². The fourth-order valence-electron chi connectivity index (χ4n) is 1.50. The quantitative estimate of drug-likeness (QED) is 0.841. The fourth-order valence-corrected chi connectivity index (χ4v) is 1.87. The molecule has 0 saturated carbocycles. The maximum absolute atomic E-state index is 5.67. The summed E-state index contributed by atoms with van der Waals surface area (Å²) in [6.07, 6.45) is 4.14. The van der Waals surface area contributed by atoms with Gasteiger partial charge in [-0.3, -0.25) is 0 Å². The fraction of sp³-hybridized carbons (Fsp3) is 0.308. The second kappa shape index (κ2) is 5.90. The molecule has 2 rings (SSSR count). The molecule has 17 heavy (non-hydrogen) atoms. The van der Waals surface area contributed by atoms with Crippen LogP contribution in [0, 0.1) is 0 Å². The predicted octanol–water partition coefficient (Wildman–Crippen LogP) is 2.45. The third kappa shape index (κ3) is 3.36. The molecule has 0 aliphatic carbocycles. The minimum absolute atomic E-state index is 0.676. The molecule has 1 heterocycles. The molecular formula is C13H14CrO3. The Bertz CT molecular complexity index is 423. The molecule has 4 heteroatoms. The summed E-state index contributed by atoms with van der Waals surface area (Å²) in [5.74, 6) is 2.37. The third-order valence-corrected chi connectivity index (χ3v) is 2.85. The molecule has 0 fully saturated rings. The average Bonchev–Trinajstić information content (AvgIpc) is 2.40. The first-order chi connectivity index (χ1) is 8.29. The minimum atomic E-state index is 0.676. The molecule has 0 saturated heterocycles. The summed E-state index contributed by atoms with van der Waals surface area (Å²) < 4.78 is 16.9. The Kier molecular flexibility index (Phi) is 4.25. The van der Waals surface area contributed by atoms with Gasteiger partial charge in [-0.15, -0.1) is 0 Å². The van der Waals surface area contributed by atoms with Crippen LogP contribution >= 0.6 is 0 Å². The SMILES string of the molecule is COc1ccc(O[C](=[Cr])C2=CCCCO2)cc1. The Morgan fingerprint density at radius 2 is 1.94 bits per heavy atom. The zero-order valence-electron chi connectivity index (χ0n) is 9.64. The van der Waals surface area contributed by atoms with Gasteiger partial charge in [-0.1, -0.05) is 0 Å². The molecule has 1 aliphatic heterocycles. The van der Waals surface area contributed by atoms with Crippen molar-refractivity contribution in [1.82, 2.24) is 0 Å². The Balaban J connectivity index is 1.99. The van der Waals surface area contributed by atoms with Crippen LogP contribution in [-0.2, 0) is 20.6 Å². The summed E-state index contributed by atoms with van der Waals surface area (Å²) in [7, 11) is 1.64. The zero-order valence-corrected chi connectivity index (χ0v) is 10.9. The van der Waals surface area contributed by atoms with Crippen LogP contribution in [-0.4, -0.2) is 18.3 Å². The summed E-state index contributed by atoms with van der Waals surface area (Å²) in [5, 5.41) is 0. The molecular weight excluding hydrogens is 256 g/mol. The topological polar surface area (TPSA) is 27.7 Å². The molecule has 0 amide bonds. The van der Waals surface area contributed by atoms with Crippen molar-refractivity contribution in [2.75, 3.05) is 13.7 Å². The van der Waals surface area contributed by atoms with Gasteiger partial charge >= 0.3 is 109 Å². The van der Waals surface area contributed by atoms with Gasteiger partial charge in [-0.05, 0) is 0 Å². The summed E-state index contributed by atoms with van der Waals surface area (Å²) >= 11 is 2.89. The molecule has 0 bridgehead atoms. The van der Waals surface area contributed by atoms with Crippen molar-refractivity contribution in [3.63, 3.8) is 0 Å². The number of ether oxygens (including phenoxy) is 3. The van der Waals surface area contributed by atoms with Gasteiger partial charge in [-0.25, -0.2) is 0 Å². The molecule has 3 nitrogen and oxygen atoms in total. The molecule has 0 radical (unpaired) electrons. The van der Waals surface area contributed by atoms with Crippen LogP contribution in [0.4, 0.5) is 0 Å². The number of benzene rings is 1. The van der Waals surface area contributed by atoms with E-state index < -0.39 is 0 Å². The molecule has 0 atom stereocenters. The van der Waals surface area contributed by atoms with E-state index in [1.165, 1.54) is 0 Å². The van der Waals surface area contributed by atoms with Crippen molar-refractivity contribution in [2.24, 2.45) is 0 Å². The molecule has 90 valence electrons. The van der Waals surface area contributed by atoms with Crippen LogP contribution in [0.15, 0.2) is 36.1 Å². The van der Waals surface area contributed by atoms with Crippen LogP contribution in [0.25, 0.3) is 0 Å². The number of hydrogen-bond acceptors (Lipinski definition) is 3. The van der Waals surface area contributed by atoms with Gasteiger partial charge in [0.05, 0.1) is 0 Å². The van der Waals surface area contributed by atoms with Gasteiger partial charge < -0.3 is 0 Å². The van der Waals surface area contributed by atoms with E-state index >= 15 is 0 Å². The van der Waals surface area contributed by atoms with E-state index in [0.717, 1.165) is 36.7 Å². The van der Waals surface area contributed by atoms with E-state index in [0.29, 0.717) is 4.57 Å². The first kappa shape index (κ1) is 12.2. The van der Waals surface area contributed by atoms with Gasteiger partial charge in [0.1, 0.15) is 0 Å². The van der Waals surface area contributed by atoms with Crippen LogP contribution < -0.4 is 9.47 Å². The van der Waals surface area contributed by atoms with Crippen molar-refractivity contribution in [1.29, 1.82) is 0 Å². The monoisotopic (exact) mass is 270 g/mol. The van der Waals surface area contributed by atoms with E-state index in [4.69, 9.17) is 14.2 Å². The summed E-state index contributed by atoms with van der Waals surface area (Å²) in [6.45, 7) is 0.753. The molecule has 1 aromatic carbocycles. The predicted molar refractivity (Wildman–Crippen MR) is 61.9 cm³/mol. The van der Waals surface area contributed by atoms with Gasteiger partial charge in [0.25, 0.3) is 0 Å². The van der Waals surface area contributed by atoms with E-state index in [1.807, 2.05) is 30.3 Å². The Morgan fingerprint density at radius 3 is 2.53 bits per heavy atom. The summed E-state index contributed by atoms with van der Waals surface area (Å²) in [4.78, 5) is 0. The summed E-state index contributed by atoms with van der Waals surface area (Å²) in [5.41, 5.74) is 0. The molecule has 0 spiro atoms. The van der Waals surface area contributed by atoms with E-state index in [2.05, 4.69) is 15.9 Å². The number of methoxy groups -OCH3 is 1. The van der Waals surface area contributed by atoms with Crippen LogP contribution in [0.2, 0.25) is 0 Å². The number of hydrogen-bond donors (Lipinski definition) is 0. The van der Waals surface area contributed by atoms with Gasteiger partial charge in [0, 0.05) is 0 Å². The normalized spacial score (nSPS) is 14.5. The van der Waals surface area contributed by atoms with Crippen molar-refractivity contribution in [2.45, 2.75) is 12.8 Å². The van der Waals surface area contributed by atoms with E-state index in [9.17, 15) is 0 Å². The van der Waals surface area contributed by atoms with E-state index in [-0.39, 0.29) is 0 Å². The standard InChI is InChI=1S/C13H14O3.Cr/c1-14-11-5-7-12(8-6-11)16-10-13-4-2-3-9-15-13;/h4-8H,2-3,9H2,1H3;. The molecule has 1 aromatic rings. The molecule has 0 aromatic heterocycles. The van der Waals surface area contributed by atoms with Crippen molar-refractivity contribution < 1.29 is 30.1 Å². The van der Waals surface area contributed by atoms with E-state index in [1.54, 1.807) is 7.11 Å². The van der Waals surface area contributed by atoms with Gasteiger partial charge in [0.2, 0.25) is 0 Å². The number of allylic oxidation sites excluding steroid dienone is 1. The van der Waals surface area contributed by atoms with Crippen molar-refractivity contribution in [3.8, 4) is 11.5 Å². The average molecular weight is 270 g/mol. The summed E-state index contributed by atoms with van der Waals surface area (Å²) in [6, 6.07) is 7.44. The second-order valence-corrected chi connectivity index (χ2v) is 4.20. The second-order valence-electron chi connectivity index (χ2n) is 3.62. The Labute approximate surface area is 109 Å². The first-order valence-electron chi connectivity index (χ1n) is 5.49. The molecule has 0 unspecified atom stereocenters. The zero-order chi connectivity index (χ0) is 12.1. The van der Waals surface area contributed by atoms with Crippen molar-refractivity contribution >= 4 is 4.57 Å². The van der Waals surface area contributed by atoms with Gasteiger partial charge in [0.15, 0.2) is 0 Å². The number of rotatable bonds is 4. The Hall–Kier alpha value is -1.24. The van der Waals surface area contributed by atoms with Gasteiger partial charge in [-0.2, -0.15) is 0 Å². The first-order valence-corrected chi connectivity index (χ1v) is 6.12. The molecule has 0 N–H and O–H groups in total. The maximum atomic E-state index is 5.67. The van der Waals surface area contributed by atoms with Crippen LogP contribution in [0.3, 0.4) is 0 Å².